The molecule has 1 saturated heterocycles. The molecule has 0 aliphatic carbocycles. The number of likely N-dealkylation sites (tertiary alicyclic amines) is 1. The van der Waals surface area contributed by atoms with Crippen LogP contribution in [0.1, 0.15) is 18.4 Å². The molecule has 0 spiro atoms. The standard InChI is InChI=1S/C15H19NO2/c1-2-10-18-15-8-4-3-6-13(15)11-16-9-5-7-14(17)12-16/h1,3-4,6,8,14,17H,5,7,9-12H2. The smallest absolute Gasteiger partial charge is 0.148 e. The Labute approximate surface area is 108 Å². The van der Waals surface area contributed by atoms with Crippen LogP contribution < -0.4 is 4.74 Å². The van der Waals surface area contributed by atoms with Crippen molar-refractivity contribution in [3.63, 3.8) is 0 Å². The van der Waals surface area contributed by atoms with Crippen molar-refractivity contribution in [2.45, 2.75) is 25.5 Å². The predicted molar refractivity (Wildman–Crippen MR) is 71.3 cm³/mol. The third kappa shape index (κ3) is 3.49. The topological polar surface area (TPSA) is 32.7 Å². The first-order valence-corrected chi connectivity index (χ1v) is 6.34. The Kier molecular flexibility index (Phi) is 4.63. The number of nitrogens with zero attached hydrogens (tertiary/aromatic N) is 1. The van der Waals surface area contributed by atoms with Crippen LogP contribution in [0.3, 0.4) is 0 Å². The molecule has 3 heteroatoms. The Morgan fingerprint density at radius 3 is 3.06 bits per heavy atom. The maximum Gasteiger partial charge on any atom is 0.148 e. The van der Waals surface area contributed by atoms with Gasteiger partial charge in [-0.25, -0.2) is 0 Å². The van der Waals surface area contributed by atoms with E-state index in [2.05, 4.69) is 10.8 Å². The van der Waals surface area contributed by atoms with E-state index < -0.39 is 0 Å². The van der Waals surface area contributed by atoms with Crippen LogP contribution in [-0.4, -0.2) is 35.8 Å². The van der Waals surface area contributed by atoms with Crippen molar-refractivity contribution in [1.82, 2.24) is 4.90 Å². The number of terminal acetylenes is 1. The highest BCUT2D eigenvalue weighted by Gasteiger charge is 2.18. The maximum atomic E-state index is 9.67. The van der Waals surface area contributed by atoms with Gasteiger partial charge in [-0.05, 0) is 25.5 Å². The molecule has 0 aromatic heterocycles. The molecule has 1 aromatic carbocycles. The van der Waals surface area contributed by atoms with Gasteiger partial charge in [0.05, 0.1) is 6.10 Å². The number of aliphatic hydroxyl groups excluding tert-OH is 1. The van der Waals surface area contributed by atoms with Crippen molar-refractivity contribution in [3.8, 4) is 18.1 Å². The van der Waals surface area contributed by atoms with E-state index in [4.69, 9.17) is 11.2 Å². The number of aliphatic hydroxyl groups is 1. The van der Waals surface area contributed by atoms with E-state index in [1.165, 1.54) is 0 Å². The normalized spacial score (nSPS) is 20.3. The van der Waals surface area contributed by atoms with Crippen LogP contribution in [-0.2, 0) is 6.54 Å². The number of rotatable bonds is 4. The molecule has 1 fully saturated rings. The van der Waals surface area contributed by atoms with Gasteiger partial charge in [0, 0.05) is 18.7 Å². The fourth-order valence-corrected chi connectivity index (χ4v) is 2.31. The zero-order chi connectivity index (χ0) is 12.8. The Morgan fingerprint density at radius 2 is 2.28 bits per heavy atom. The van der Waals surface area contributed by atoms with Gasteiger partial charge in [0.15, 0.2) is 0 Å². The van der Waals surface area contributed by atoms with E-state index in [0.29, 0.717) is 6.61 Å². The lowest BCUT2D eigenvalue weighted by Crippen LogP contribution is -2.37. The van der Waals surface area contributed by atoms with Crippen molar-refractivity contribution in [2.75, 3.05) is 19.7 Å². The van der Waals surface area contributed by atoms with Crippen LogP contribution in [0.25, 0.3) is 0 Å². The van der Waals surface area contributed by atoms with Crippen LogP contribution in [0.4, 0.5) is 0 Å². The highest BCUT2D eigenvalue weighted by atomic mass is 16.5. The minimum absolute atomic E-state index is 0.197. The SMILES string of the molecule is C#CCOc1ccccc1CN1CCCC(O)C1. The van der Waals surface area contributed by atoms with Gasteiger partial charge < -0.3 is 9.84 Å². The van der Waals surface area contributed by atoms with E-state index in [9.17, 15) is 5.11 Å². The second-order valence-electron chi connectivity index (χ2n) is 4.63. The molecule has 1 atom stereocenters. The predicted octanol–water partition coefficient (Wildman–Crippen LogP) is 1.66. The van der Waals surface area contributed by atoms with Gasteiger partial charge >= 0.3 is 0 Å². The average Bonchev–Trinajstić information content (AvgIpc) is 2.38. The van der Waals surface area contributed by atoms with Gasteiger partial charge in [0.25, 0.3) is 0 Å². The van der Waals surface area contributed by atoms with Crippen molar-refractivity contribution in [2.24, 2.45) is 0 Å². The lowest BCUT2D eigenvalue weighted by molar-refractivity contribution is 0.0664. The third-order valence-corrected chi connectivity index (χ3v) is 3.16. The Balaban J connectivity index is 2.01. The number of benzene rings is 1. The third-order valence-electron chi connectivity index (χ3n) is 3.16. The zero-order valence-electron chi connectivity index (χ0n) is 10.5. The number of piperidine rings is 1. The summed E-state index contributed by atoms with van der Waals surface area (Å²) in [4.78, 5) is 2.26. The summed E-state index contributed by atoms with van der Waals surface area (Å²) in [7, 11) is 0. The van der Waals surface area contributed by atoms with Gasteiger partial charge in [-0.1, -0.05) is 24.1 Å². The van der Waals surface area contributed by atoms with Gasteiger partial charge in [-0.3, -0.25) is 4.90 Å². The van der Waals surface area contributed by atoms with Crippen molar-refractivity contribution in [1.29, 1.82) is 0 Å². The highest BCUT2D eigenvalue weighted by molar-refractivity contribution is 5.33. The minimum Gasteiger partial charge on any atom is -0.481 e. The summed E-state index contributed by atoms with van der Waals surface area (Å²) in [5.41, 5.74) is 1.13. The summed E-state index contributed by atoms with van der Waals surface area (Å²) in [6, 6.07) is 7.93. The lowest BCUT2D eigenvalue weighted by Gasteiger charge is -2.30. The average molecular weight is 245 g/mol. The van der Waals surface area contributed by atoms with Crippen molar-refractivity contribution >= 4 is 0 Å². The van der Waals surface area contributed by atoms with Gasteiger partial charge in [0.2, 0.25) is 0 Å². The molecule has 0 amide bonds. The molecular weight excluding hydrogens is 226 g/mol. The summed E-state index contributed by atoms with van der Waals surface area (Å²) in [5, 5.41) is 9.67. The molecule has 2 rings (SSSR count). The zero-order valence-corrected chi connectivity index (χ0v) is 10.5. The Hall–Kier alpha value is -1.50. The summed E-state index contributed by atoms with van der Waals surface area (Å²) in [6.45, 7) is 2.86. The van der Waals surface area contributed by atoms with Crippen LogP contribution in [0.15, 0.2) is 24.3 Å². The molecule has 0 bridgehead atoms. The number of β-amino-alcohol motifs (C(OH)–C–C–N with tert-alkyl or cyclic N) is 1. The molecule has 1 aliphatic heterocycles. The van der Waals surface area contributed by atoms with Crippen LogP contribution in [0, 0.1) is 12.3 Å². The molecule has 96 valence electrons. The molecule has 1 unspecified atom stereocenters. The van der Waals surface area contributed by atoms with Crippen molar-refractivity contribution in [3.05, 3.63) is 29.8 Å². The summed E-state index contributed by atoms with van der Waals surface area (Å²) >= 11 is 0. The monoisotopic (exact) mass is 245 g/mol. The first-order chi connectivity index (χ1) is 8.79. The quantitative estimate of drug-likeness (QED) is 0.819. The maximum absolute atomic E-state index is 9.67. The fourth-order valence-electron chi connectivity index (χ4n) is 2.31. The van der Waals surface area contributed by atoms with Crippen LogP contribution in [0.5, 0.6) is 5.75 Å². The molecule has 18 heavy (non-hydrogen) atoms. The second-order valence-corrected chi connectivity index (χ2v) is 4.63. The molecule has 0 saturated carbocycles. The molecule has 1 aliphatic rings. The van der Waals surface area contributed by atoms with E-state index in [0.717, 1.165) is 43.8 Å². The molecule has 1 N–H and O–H groups in total. The molecule has 3 nitrogen and oxygen atoms in total. The molecule has 1 aromatic rings. The van der Waals surface area contributed by atoms with E-state index in [1.54, 1.807) is 0 Å². The van der Waals surface area contributed by atoms with Gasteiger partial charge in [-0.15, -0.1) is 6.42 Å². The number of hydrogen-bond acceptors (Lipinski definition) is 3. The molecular formula is C15H19NO2. The Morgan fingerprint density at radius 1 is 1.44 bits per heavy atom. The largest absolute Gasteiger partial charge is 0.481 e. The Bertz CT molecular complexity index is 425. The van der Waals surface area contributed by atoms with E-state index in [-0.39, 0.29) is 6.10 Å². The lowest BCUT2D eigenvalue weighted by atomic mass is 10.1. The highest BCUT2D eigenvalue weighted by Crippen LogP contribution is 2.21. The number of ether oxygens (including phenoxy) is 1. The second kappa shape index (κ2) is 6.44. The van der Waals surface area contributed by atoms with Gasteiger partial charge in [-0.2, -0.15) is 0 Å². The van der Waals surface area contributed by atoms with Gasteiger partial charge in [0.1, 0.15) is 12.4 Å². The first-order valence-electron chi connectivity index (χ1n) is 6.34. The number of hydrogen-bond donors (Lipinski definition) is 1. The first kappa shape index (κ1) is 12.9. The molecule has 1 heterocycles. The van der Waals surface area contributed by atoms with E-state index in [1.807, 2.05) is 24.3 Å². The summed E-state index contributed by atoms with van der Waals surface area (Å²) in [6.07, 6.45) is 6.97. The van der Waals surface area contributed by atoms with E-state index >= 15 is 0 Å². The van der Waals surface area contributed by atoms with Crippen molar-refractivity contribution < 1.29 is 9.84 Å². The van der Waals surface area contributed by atoms with Crippen LogP contribution in [0.2, 0.25) is 0 Å². The fraction of sp³-hybridized carbons (Fsp3) is 0.467. The van der Waals surface area contributed by atoms with Crippen LogP contribution >= 0.6 is 0 Å². The summed E-state index contributed by atoms with van der Waals surface area (Å²) in [5.74, 6) is 3.32. The molecule has 0 radical (unpaired) electrons. The minimum atomic E-state index is -0.197. The summed E-state index contributed by atoms with van der Waals surface area (Å²) < 4.78 is 5.53. The number of para-hydroxylation sites is 1.